The molecule has 6 rings (SSSR count). The number of amides is 1. The Balaban J connectivity index is 1.44. The summed E-state index contributed by atoms with van der Waals surface area (Å²) in [5.41, 5.74) is -3.14. The van der Waals surface area contributed by atoms with Crippen LogP contribution in [0.5, 0.6) is 34.5 Å². The summed E-state index contributed by atoms with van der Waals surface area (Å²) in [6.07, 6.45) is -0.713. The van der Waals surface area contributed by atoms with E-state index >= 15 is 0 Å². The van der Waals surface area contributed by atoms with Gasteiger partial charge in [-0.15, -0.1) is 0 Å². The average molecular weight is 799 g/mol. The molecule has 4 aromatic rings. The van der Waals surface area contributed by atoms with Gasteiger partial charge in [-0.05, 0) is 35.9 Å². The van der Waals surface area contributed by atoms with Crippen LogP contribution in [0, 0.1) is 5.92 Å². The van der Waals surface area contributed by atoms with E-state index < -0.39 is 58.2 Å². The van der Waals surface area contributed by atoms with Gasteiger partial charge in [-0.3, -0.25) is 24.0 Å². The van der Waals surface area contributed by atoms with Gasteiger partial charge in [0.2, 0.25) is 23.0 Å². The molecular weight excluding hydrogens is 761 g/mol. The number of nitrogens with zero attached hydrogens (tertiary/aromatic N) is 1. The molecule has 15 nitrogen and oxygen atoms in total. The minimum atomic E-state index is -2.13. The lowest BCUT2D eigenvalue weighted by Crippen LogP contribution is -2.53. The van der Waals surface area contributed by atoms with Crippen molar-refractivity contribution < 1.29 is 47.9 Å². The molecule has 0 saturated heterocycles. The Kier molecular flexibility index (Phi) is 10.8. The van der Waals surface area contributed by atoms with E-state index in [1.807, 2.05) is 0 Å². The molecule has 3 aromatic carbocycles. The number of ketones is 2. The highest BCUT2D eigenvalue weighted by Crippen LogP contribution is 2.56. The number of aromatic nitrogens is 2. The summed E-state index contributed by atoms with van der Waals surface area (Å²) in [6, 6.07) is 9.11. The van der Waals surface area contributed by atoms with E-state index in [1.54, 1.807) is 19.1 Å². The highest BCUT2D eigenvalue weighted by Gasteiger charge is 2.61. The molecule has 1 aliphatic heterocycles. The van der Waals surface area contributed by atoms with Crippen molar-refractivity contribution in [2.24, 2.45) is 5.92 Å². The summed E-state index contributed by atoms with van der Waals surface area (Å²) in [5.74, 6) is -3.95. The number of aliphatic hydroxyl groups excluding tert-OH is 1. The quantitative estimate of drug-likeness (QED) is 0.167. The van der Waals surface area contributed by atoms with Crippen LogP contribution in [0.1, 0.15) is 41.6 Å². The van der Waals surface area contributed by atoms with Gasteiger partial charge in [0.1, 0.15) is 22.1 Å². The first-order valence-corrected chi connectivity index (χ1v) is 17.7. The molecule has 0 radical (unpaired) electrons. The molecular formula is C38H37Cl2N3O12. The predicted molar refractivity (Wildman–Crippen MR) is 201 cm³/mol. The average Bonchev–Trinajstić information content (AvgIpc) is 3.48. The normalized spacial score (nSPS) is 18.2. The van der Waals surface area contributed by atoms with E-state index in [-0.39, 0.29) is 75.7 Å². The van der Waals surface area contributed by atoms with Crippen molar-refractivity contribution in [2.75, 3.05) is 42.1 Å². The second-order valence-electron chi connectivity index (χ2n) is 12.9. The lowest BCUT2D eigenvalue weighted by Gasteiger charge is -2.38. The number of benzene rings is 3. The second-order valence-corrected chi connectivity index (χ2v) is 13.7. The van der Waals surface area contributed by atoms with Gasteiger partial charge in [-0.1, -0.05) is 30.1 Å². The maximum absolute atomic E-state index is 14.5. The topological polar surface area (TPSA) is 194 Å². The fourth-order valence-corrected chi connectivity index (χ4v) is 7.70. The number of aromatic amines is 1. The fourth-order valence-electron chi connectivity index (χ4n) is 7.27. The Labute approximate surface area is 323 Å². The molecule has 290 valence electrons. The Morgan fingerprint density at radius 2 is 1.62 bits per heavy atom. The molecule has 3 N–H and O–H groups in total. The van der Waals surface area contributed by atoms with E-state index in [1.165, 1.54) is 64.4 Å². The van der Waals surface area contributed by atoms with Crippen LogP contribution < -0.4 is 44.9 Å². The summed E-state index contributed by atoms with van der Waals surface area (Å²) in [5, 5.41) is 15.3. The zero-order valence-corrected chi connectivity index (χ0v) is 32.1. The number of carbonyl (C=O) groups excluding carboxylic acids is 3. The van der Waals surface area contributed by atoms with Crippen molar-refractivity contribution in [3.63, 3.8) is 0 Å². The van der Waals surface area contributed by atoms with Crippen molar-refractivity contribution >= 4 is 51.7 Å². The number of nitrogens with one attached hydrogen (secondary N) is 2. The molecule has 2 heterocycles. The minimum absolute atomic E-state index is 0.0436. The van der Waals surface area contributed by atoms with Gasteiger partial charge in [0, 0.05) is 54.4 Å². The van der Waals surface area contributed by atoms with Crippen molar-refractivity contribution in [2.45, 2.75) is 37.8 Å². The number of carbonyl (C=O) groups is 3. The predicted octanol–water partition coefficient (Wildman–Crippen LogP) is 4.76. The number of Topliss-reactive ketones (excluding diaryl/α,β-unsaturated/α-hetero) is 2. The summed E-state index contributed by atoms with van der Waals surface area (Å²) >= 11 is 12.7. The highest BCUT2D eigenvalue weighted by atomic mass is 35.5. The van der Waals surface area contributed by atoms with Crippen molar-refractivity contribution in [1.82, 2.24) is 14.9 Å². The SMILES string of the molecule is COc1cc(OC)c2c(c1Cl)O[C@]1(C2=O)C(O)=C(C(CC(=O)NCCn2c(=O)c(=O)[nH]c3cc(Cl)ccc32)c2cc(OC)c(OC)c(OC)c2)C(=O)C[C@H]1C. The molecule has 55 heavy (non-hydrogen) atoms. The molecule has 0 saturated carbocycles. The zero-order chi connectivity index (χ0) is 39.9. The lowest BCUT2D eigenvalue weighted by molar-refractivity contribution is -0.121. The highest BCUT2D eigenvalue weighted by molar-refractivity contribution is 6.35. The fraction of sp³-hybridized carbons (Fsp3) is 0.342. The van der Waals surface area contributed by atoms with E-state index in [2.05, 4.69) is 10.3 Å². The third-order valence-corrected chi connectivity index (χ3v) is 10.5. The van der Waals surface area contributed by atoms with E-state index in [0.29, 0.717) is 16.1 Å². The van der Waals surface area contributed by atoms with Crippen LogP contribution >= 0.6 is 23.2 Å². The maximum atomic E-state index is 14.5. The van der Waals surface area contributed by atoms with E-state index in [4.69, 9.17) is 51.6 Å². The smallest absolute Gasteiger partial charge is 0.316 e. The van der Waals surface area contributed by atoms with Crippen LogP contribution in [0.4, 0.5) is 0 Å². The Bertz CT molecular complexity index is 2380. The molecule has 1 spiro atoms. The van der Waals surface area contributed by atoms with Crippen molar-refractivity contribution in [1.29, 1.82) is 0 Å². The number of hydrogen-bond donors (Lipinski definition) is 3. The maximum Gasteiger partial charge on any atom is 0.316 e. The van der Waals surface area contributed by atoms with Gasteiger partial charge in [-0.2, -0.15) is 0 Å². The molecule has 1 amide bonds. The molecule has 2 aliphatic rings. The Hall–Kier alpha value is -5.67. The number of aliphatic hydroxyl groups is 1. The zero-order valence-electron chi connectivity index (χ0n) is 30.6. The summed E-state index contributed by atoms with van der Waals surface area (Å²) in [4.78, 5) is 70.2. The number of H-pyrrole nitrogens is 1. The van der Waals surface area contributed by atoms with Crippen molar-refractivity contribution in [3.05, 3.63) is 89.6 Å². The lowest BCUT2D eigenvalue weighted by atomic mass is 9.69. The van der Waals surface area contributed by atoms with Gasteiger partial charge in [0.05, 0.1) is 46.6 Å². The first-order valence-electron chi connectivity index (χ1n) is 16.9. The first kappa shape index (κ1) is 39.0. The Morgan fingerprint density at radius 3 is 2.24 bits per heavy atom. The van der Waals surface area contributed by atoms with Gasteiger partial charge < -0.3 is 48.4 Å². The third kappa shape index (κ3) is 6.50. The molecule has 1 unspecified atom stereocenters. The number of hydrogen-bond acceptors (Lipinski definition) is 12. The number of ether oxygens (including phenoxy) is 6. The summed E-state index contributed by atoms with van der Waals surface area (Å²) < 4.78 is 35.0. The van der Waals surface area contributed by atoms with Gasteiger partial charge >= 0.3 is 11.1 Å². The molecule has 0 fully saturated rings. The molecule has 1 aliphatic carbocycles. The largest absolute Gasteiger partial charge is 0.507 e. The second kappa shape index (κ2) is 15.2. The molecule has 17 heteroatoms. The van der Waals surface area contributed by atoms with Crippen LogP contribution in [0.2, 0.25) is 10.0 Å². The Morgan fingerprint density at radius 1 is 0.964 bits per heavy atom. The standard InChI is InChI=1S/C38H37Cl2N3O12/c1-17-11-23(44)29(34(46)38(17)35(47)30-24(50-2)16-25(51-3)31(40)33(30)55-38)20(18-12-26(52-4)32(54-6)27(13-18)53-5)15-28(45)41-9-10-43-22-8-7-19(39)14-21(22)42-36(48)37(43)49/h7-8,12-14,16-17,20,46H,9-11,15H2,1-6H3,(H,41,45)(H,42,48)/t17-,20?,38+/m1/s1. The number of allylic oxidation sites excluding steroid dienone is 1. The van der Waals surface area contributed by atoms with Crippen LogP contribution in [0.25, 0.3) is 11.0 Å². The number of rotatable bonds is 12. The molecule has 0 bridgehead atoms. The molecule has 3 atom stereocenters. The van der Waals surface area contributed by atoms with Crippen LogP contribution in [0.3, 0.4) is 0 Å². The number of fused-ring (bicyclic) bond motifs is 2. The third-order valence-electron chi connectivity index (χ3n) is 9.93. The van der Waals surface area contributed by atoms with Gasteiger partial charge in [0.25, 0.3) is 0 Å². The monoisotopic (exact) mass is 797 g/mol. The van der Waals surface area contributed by atoms with Crippen LogP contribution in [-0.2, 0) is 16.1 Å². The van der Waals surface area contributed by atoms with E-state index in [9.17, 15) is 29.1 Å². The number of methoxy groups -OCH3 is 5. The molecule has 1 aromatic heterocycles. The van der Waals surface area contributed by atoms with Crippen molar-refractivity contribution in [3.8, 4) is 34.5 Å². The van der Waals surface area contributed by atoms with E-state index in [0.717, 1.165) is 0 Å². The van der Waals surface area contributed by atoms with Crippen LogP contribution in [0.15, 0.2) is 57.3 Å². The van der Waals surface area contributed by atoms with Gasteiger partial charge in [-0.25, -0.2) is 0 Å². The summed E-state index contributed by atoms with van der Waals surface area (Å²) in [6.45, 7) is 1.38. The number of halogens is 2. The minimum Gasteiger partial charge on any atom is -0.507 e. The van der Waals surface area contributed by atoms with Gasteiger partial charge in [0.15, 0.2) is 28.8 Å². The summed E-state index contributed by atoms with van der Waals surface area (Å²) in [7, 11) is 6.92. The first-order chi connectivity index (χ1) is 26.2. The van der Waals surface area contributed by atoms with Crippen LogP contribution in [-0.4, -0.2) is 79.8 Å².